The number of nitrogens with two attached hydrogens (primary N) is 1. The van der Waals surface area contributed by atoms with Gasteiger partial charge in [0.1, 0.15) is 11.5 Å². The molecule has 2 aromatic carbocycles. The van der Waals surface area contributed by atoms with Crippen LogP contribution in [0.2, 0.25) is 0 Å². The molecule has 3 aromatic rings. The van der Waals surface area contributed by atoms with E-state index in [-0.39, 0.29) is 46.4 Å². The monoisotopic (exact) mass is 464 g/mol. The van der Waals surface area contributed by atoms with E-state index >= 15 is 8.78 Å². The van der Waals surface area contributed by atoms with Gasteiger partial charge in [-0.25, -0.2) is 18.6 Å². The third-order valence-electron chi connectivity index (χ3n) is 5.37. The van der Waals surface area contributed by atoms with E-state index < -0.39 is 23.4 Å². The van der Waals surface area contributed by atoms with Gasteiger partial charge in [-0.3, -0.25) is 9.80 Å². The zero-order valence-electron chi connectivity index (χ0n) is 18.1. The van der Waals surface area contributed by atoms with Crippen molar-refractivity contribution in [3.8, 4) is 17.6 Å². The first kappa shape index (κ1) is 22.5. The molecule has 2 heterocycles. The number of nitrogens with zero attached hydrogens (tertiary/aromatic N) is 4. The number of ether oxygens (including phenoxy) is 2. The van der Waals surface area contributed by atoms with Gasteiger partial charge in [-0.05, 0) is 18.2 Å². The summed E-state index contributed by atoms with van der Waals surface area (Å²) >= 11 is 0. The van der Waals surface area contributed by atoms with Gasteiger partial charge in [0, 0.05) is 24.0 Å². The molecule has 0 bridgehead atoms. The van der Waals surface area contributed by atoms with Crippen LogP contribution in [0.4, 0.5) is 36.5 Å². The van der Waals surface area contributed by atoms with Crippen LogP contribution in [0.1, 0.15) is 16.7 Å². The van der Waals surface area contributed by atoms with Gasteiger partial charge in [-0.1, -0.05) is 6.07 Å². The molecular formula is C23H18F2N6O3. The van der Waals surface area contributed by atoms with Crippen LogP contribution in [0.25, 0.3) is 0 Å². The number of nitriles is 1. The van der Waals surface area contributed by atoms with Gasteiger partial charge in [0.05, 0.1) is 49.3 Å². The third-order valence-corrected chi connectivity index (χ3v) is 5.37. The molecule has 11 heteroatoms. The molecule has 2 amide bonds. The highest BCUT2D eigenvalue weighted by Gasteiger charge is 2.39. The van der Waals surface area contributed by atoms with Gasteiger partial charge >= 0.3 is 6.03 Å². The Balaban J connectivity index is 2.01. The minimum atomic E-state index is -1.10. The number of nitrogens with one attached hydrogen (secondary N) is 1. The second-order valence-corrected chi connectivity index (χ2v) is 7.20. The Hall–Kier alpha value is -4.72. The predicted octanol–water partition coefficient (Wildman–Crippen LogP) is 4.11. The molecular weight excluding hydrogens is 446 g/mol. The van der Waals surface area contributed by atoms with Crippen LogP contribution in [0.5, 0.6) is 11.5 Å². The number of rotatable bonds is 5. The maximum absolute atomic E-state index is 15.3. The van der Waals surface area contributed by atoms with E-state index in [1.165, 1.54) is 26.5 Å². The van der Waals surface area contributed by atoms with Crippen molar-refractivity contribution < 1.29 is 23.0 Å². The number of aromatic nitrogens is 1. The van der Waals surface area contributed by atoms with Gasteiger partial charge in [0.2, 0.25) is 0 Å². The van der Waals surface area contributed by atoms with Gasteiger partial charge in [-0.2, -0.15) is 5.26 Å². The number of nitrogen functional groups attached to an aromatic ring is 1. The van der Waals surface area contributed by atoms with Crippen LogP contribution < -0.4 is 25.0 Å². The number of urea groups is 1. The summed E-state index contributed by atoms with van der Waals surface area (Å²) in [4.78, 5) is 19.9. The van der Waals surface area contributed by atoms with E-state index in [1.807, 2.05) is 6.07 Å². The molecule has 0 aliphatic carbocycles. The highest BCUT2D eigenvalue weighted by Crippen LogP contribution is 2.44. The maximum Gasteiger partial charge on any atom is 0.334 e. The number of fused-ring (bicyclic) bond motifs is 1. The molecule has 1 aromatic heterocycles. The Morgan fingerprint density at radius 2 is 1.85 bits per heavy atom. The van der Waals surface area contributed by atoms with Crippen molar-refractivity contribution in [1.82, 2.24) is 4.98 Å². The number of carbonyl (C=O) groups is 1. The topological polar surface area (TPSA) is 129 Å². The number of methoxy groups -OCH3 is 2. The van der Waals surface area contributed by atoms with Gasteiger partial charge < -0.3 is 20.6 Å². The standard InChI is InChI=1S/C23H18F2N6O3/c1-33-16-7-17(34-2)19(25)21(18(16)24)30-11-13-10-29-22(28)15(9-27)20(13)31(23(30)32)14-5-3-4-12(6-14)8-26/h3-7,9-10,27H,11H2,1-2H3,(H2,28,29). The molecule has 0 radical (unpaired) electrons. The van der Waals surface area contributed by atoms with Crippen molar-refractivity contribution in [2.45, 2.75) is 6.54 Å². The number of hydrogen-bond acceptors (Lipinski definition) is 7. The molecule has 0 fully saturated rings. The molecule has 1 aliphatic rings. The molecule has 172 valence electrons. The Labute approximate surface area is 193 Å². The van der Waals surface area contributed by atoms with Crippen molar-refractivity contribution in [2.75, 3.05) is 29.8 Å². The average molecular weight is 464 g/mol. The molecule has 0 saturated heterocycles. The maximum atomic E-state index is 15.3. The van der Waals surface area contributed by atoms with Crippen LogP contribution in [0.3, 0.4) is 0 Å². The fraction of sp³-hybridized carbons (Fsp3) is 0.130. The molecule has 34 heavy (non-hydrogen) atoms. The van der Waals surface area contributed by atoms with Gasteiger partial charge in [0.25, 0.3) is 0 Å². The molecule has 0 unspecified atom stereocenters. The number of halogens is 2. The Kier molecular flexibility index (Phi) is 5.73. The molecule has 3 N–H and O–H groups in total. The number of amides is 2. The zero-order valence-corrected chi connectivity index (χ0v) is 18.1. The summed E-state index contributed by atoms with van der Waals surface area (Å²) in [5.41, 5.74) is 6.51. The first-order chi connectivity index (χ1) is 16.4. The van der Waals surface area contributed by atoms with E-state index in [1.54, 1.807) is 18.2 Å². The summed E-state index contributed by atoms with van der Waals surface area (Å²) in [6.45, 7) is -0.277. The summed E-state index contributed by atoms with van der Waals surface area (Å²) in [5.74, 6) is -2.84. The van der Waals surface area contributed by atoms with Crippen LogP contribution in [-0.4, -0.2) is 31.4 Å². The second kappa shape index (κ2) is 8.67. The lowest BCUT2D eigenvalue weighted by atomic mass is 10.0. The predicted molar refractivity (Wildman–Crippen MR) is 121 cm³/mol. The first-order valence-electron chi connectivity index (χ1n) is 9.85. The SMILES string of the molecule is COc1cc(OC)c(F)c(N2Cc3cnc(N)c(C=N)c3N(c3cccc(C#N)c3)C2=O)c1F. The van der Waals surface area contributed by atoms with Crippen LogP contribution >= 0.6 is 0 Å². The quantitative estimate of drug-likeness (QED) is 0.547. The average Bonchev–Trinajstić information content (AvgIpc) is 2.85. The van der Waals surface area contributed by atoms with Crippen molar-refractivity contribution in [3.63, 3.8) is 0 Å². The summed E-state index contributed by atoms with van der Waals surface area (Å²) in [7, 11) is 2.41. The lowest BCUT2D eigenvalue weighted by molar-refractivity contribution is 0.251. The van der Waals surface area contributed by atoms with Crippen molar-refractivity contribution in [2.24, 2.45) is 0 Å². The Morgan fingerprint density at radius 1 is 1.18 bits per heavy atom. The van der Waals surface area contributed by atoms with Crippen molar-refractivity contribution in [3.05, 3.63) is 64.9 Å². The lowest BCUT2D eigenvalue weighted by Gasteiger charge is -2.38. The van der Waals surface area contributed by atoms with Crippen molar-refractivity contribution >= 4 is 35.1 Å². The number of pyridine rings is 1. The number of hydrogen-bond donors (Lipinski definition) is 2. The van der Waals surface area contributed by atoms with Crippen LogP contribution in [-0.2, 0) is 6.54 Å². The van der Waals surface area contributed by atoms with Gasteiger partial charge in [0.15, 0.2) is 23.1 Å². The molecule has 4 rings (SSSR count). The Morgan fingerprint density at radius 3 is 2.44 bits per heavy atom. The first-order valence-corrected chi connectivity index (χ1v) is 9.85. The Bertz CT molecular complexity index is 1340. The summed E-state index contributed by atoms with van der Waals surface area (Å²) < 4.78 is 40.6. The minimum Gasteiger partial charge on any atom is -0.493 e. The summed E-state index contributed by atoms with van der Waals surface area (Å²) in [6, 6.07) is 8.28. The zero-order chi connectivity index (χ0) is 24.6. The van der Waals surface area contributed by atoms with E-state index in [0.29, 0.717) is 5.56 Å². The van der Waals surface area contributed by atoms with E-state index in [2.05, 4.69) is 4.98 Å². The summed E-state index contributed by atoms with van der Waals surface area (Å²) in [5, 5.41) is 17.1. The number of anilines is 4. The highest BCUT2D eigenvalue weighted by molar-refractivity contribution is 6.14. The lowest BCUT2D eigenvalue weighted by Crippen LogP contribution is -2.46. The second-order valence-electron chi connectivity index (χ2n) is 7.20. The minimum absolute atomic E-state index is 0.00292. The fourth-order valence-electron chi connectivity index (χ4n) is 3.79. The molecule has 0 saturated carbocycles. The van der Waals surface area contributed by atoms with Crippen LogP contribution in [0.15, 0.2) is 36.5 Å². The van der Waals surface area contributed by atoms with E-state index in [0.717, 1.165) is 22.1 Å². The highest BCUT2D eigenvalue weighted by atomic mass is 19.1. The fourth-order valence-corrected chi connectivity index (χ4v) is 3.79. The molecule has 1 aliphatic heterocycles. The smallest absolute Gasteiger partial charge is 0.334 e. The van der Waals surface area contributed by atoms with E-state index in [4.69, 9.17) is 20.6 Å². The van der Waals surface area contributed by atoms with Crippen molar-refractivity contribution in [1.29, 1.82) is 10.7 Å². The molecule has 0 atom stereocenters. The largest absolute Gasteiger partial charge is 0.493 e. The summed E-state index contributed by atoms with van der Waals surface area (Å²) in [6.07, 6.45) is 2.31. The number of carbonyl (C=O) groups excluding carboxylic acids is 1. The molecule has 9 nitrogen and oxygen atoms in total. The molecule has 0 spiro atoms. The normalized spacial score (nSPS) is 12.7. The number of benzene rings is 2. The third kappa shape index (κ3) is 3.41. The van der Waals surface area contributed by atoms with Crippen LogP contribution in [0, 0.1) is 28.4 Å². The van der Waals surface area contributed by atoms with Gasteiger partial charge in [-0.15, -0.1) is 0 Å². The van der Waals surface area contributed by atoms with E-state index in [9.17, 15) is 10.1 Å².